The maximum Gasteiger partial charge on any atom is 0.323 e. The third-order valence-corrected chi connectivity index (χ3v) is 5.02. The standard InChI is InChI=1S/C15H12Br2N2O2/c1-21-9-4-2-8(3-5-9)14(17)10-6-12-13(7-11(10)16)19-15(20)18-12/h2-7,14H,1H3,(H2,18,19,20). The van der Waals surface area contributed by atoms with E-state index in [4.69, 9.17) is 4.74 Å². The Hall–Kier alpha value is -1.53. The molecule has 0 amide bonds. The van der Waals surface area contributed by atoms with E-state index in [1.165, 1.54) is 0 Å². The van der Waals surface area contributed by atoms with Crippen LogP contribution in [0.2, 0.25) is 0 Å². The molecule has 1 unspecified atom stereocenters. The van der Waals surface area contributed by atoms with Crippen molar-refractivity contribution in [1.82, 2.24) is 9.97 Å². The van der Waals surface area contributed by atoms with Crippen molar-refractivity contribution < 1.29 is 4.74 Å². The van der Waals surface area contributed by atoms with Gasteiger partial charge in [0.25, 0.3) is 0 Å². The minimum absolute atomic E-state index is 0.0144. The second kappa shape index (κ2) is 5.69. The van der Waals surface area contributed by atoms with Crippen molar-refractivity contribution in [3.8, 4) is 5.75 Å². The highest BCUT2D eigenvalue weighted by molar-refractivity contribution is 9.11. The first-order chi connectivity index (χ1) is 10.1. The predicted octanol–water partition coefficient (Wildman–Crippen LogP) is 4.11. The Bertz CT molecular complexity index is 837. The van der Waals surface area contributed by atoms with Gasteiger partial charge in [-0.2, -0.15) is 0 Å². The van der Waals surface area contributed by atoms with E-state index in [-0.39, 0.29) is 10.5 Å². The van der Waals surface area contributed by atoms with Crippen molar-refractivity contribution in [3.63, 3.8) is 0 Å². The lowest BCUT2D eigenvalue weighted by Crippen LogP contribution is -1.99. The zero-order valence-corrected chi connectivity index (χ0v) is 14.3. The van der Waals surface area contributed by atoms with Crippen LogP contribution in [0.25, 0.3) is 11.0 Å². The van der Waals surface area contributed by atoms with E-state index in [2.05, 4.69) is 41.8 Å². The van der Waals surface area contributed by atoms with Crippen molar-refractivity contribution >= 4 is 42.9 Å². The monoisotopic (exact) mass is 410 g/mol. The van der Waals surface area contributed by atoms with Gasteiger partial charge in [0.2, 0.25) is 0 Å². The molecule has 21 heavy (non-hydrogen) atoms. The summed E-state index contributed by atoms with van der Waals surface area (Å²) in [7, 11) is 1.65. The van der Waals surface area contributed by atoms with Gasteiger partial charge in [0.05, 0.1) is 23.0 Å². The molecule has 0 aliphatic heterocycles. The lowest BCUT2D eigenvalue weighted by atomic mass is 10.0. The van der Waals surface area contributed by atoms with E-state index in [0.29, 0.717) is 0 Å². The van der Waals surface area contributed by atoms with E-state index < -0.39 is 0 Å². The quantitative estimate of drug-likeness (QED) is 0.637. The molecule has 2 N–H and O–H groups in total. The lowest BCUT2D eigenvalue weighted by Gasteiger charge is -2.13. The molecular formula is C15H12Br2N2O2. The summed E-state index contributed by atoms with van der Waals surface area (Å²) in [4.78, 5) is 16.9. The van der Waals surface area contributed by atoms with Crippen molar-refractivity contribution in [2.24, 2.45) is 0 Å². The first kappa shape index (κ1) is 14.4. The van der Waals surface area contributed by atoms with Crippen LogP contribution in [-0.4, -0.2) is 17.1 Å². The van der Waals surface area contributed by atoms with Gasteiger partial charge < -0.3 is 14.7 Å². The van der Waals surface area contributed by atoms with E-state index in [9.17, 15) is 4.79 Å². The molecule has 1 aromatic heterocycles. The summed E-state index contributed by atoms with van der Waals surface area (Å²) >= 11 is 7.27. The molecule has 2 aromatic carbocycles. The van der Waals surface area contributed by atoms with Crippen LogP contribution in [0.15, 0.2) is 45.7 Å². The number of halogens is 2. The van der Waals surface area contributed by atoms with Gasteiger partial charge in [-0.15, -0.1) is 0 Å². The fourth-order valence-corrected chi connectivity index (χ4v) is 3.78. The molecule has 0 radical (unpaired) electrons. The summed E-state index contributed by atoms with van der Waals surface area (Å²) in [5.74, 6) is 0.822. The van der Waals surface area contributed by atoms with E-state index in [1.54, 1.807) is 7.11 Å². The molecule has 0 saturated heterocycles. The lowest BCUT2D eigenvalue weighted by molar-refractivity contribution is 0.414. The molecule has 0 fully saturated rings. The second-order valence-electron chi connectivity index (χ2n) is 4.63. The topological polar surface area (TPSA) is 57.9 Å². The highest BCUT2D eigenvalue weighted by atomic mass is 79.9. The minimum atomic E-state index is -0.204. The number of methoxy groups -OCH3 is 1. The van der Waals surface area contributed by atoms with Gasteiger partial charge in [0.1, 0.15) is 5.75 Å². The van der Waals surface area contributed by atoms with Gasteiger partial charge in [-0.3, -0.25) is 0 Å². The third-order valence-electron chi connectivity index (χ3n) is 3.31. The summed E-state index contributed by atoms with van der Waals surface area (Å²) in [5.41, 5.74) is 3.52. The van der Waals surface area contributed by atoms with E-state index in [0.717, 1.165) is 32.4 Å². The Labute approximate surface area is 137 Å². The number of imidazole rings is 1. The van der Waals surface area contributed by atoms with Gasteiger partial charge in [0.15, 0.2) is 0 Å². The van der Waals surface area contributed by atoms with Crippen molar-refractivity contribution in [2.45, 2.75) is 4.83 Å². The van der Waals surface area contributed by atoms with Crippen molar-refractivity contribution in [1.29, 1.82) is 0 Å². The number of hydrogen-bond acceptors (Lipinski definition) is 2. The van der Waals surface area contributed by atoms with E-state index >= 15 is 0 Å². The third kappa shape index (κ3) is 2.78. The summed E-state index contributed by atoms with van der Waals surface area (Å²) < 4.78 is 6.10. The fourth-order valence-electron chi connectivity index (χ4n) is 2.22. The maximum atomic E-state index is 11.4. The number of nitrogens with one attached hydrogen (secondary N) is 2. The van der Waals surface area contributed by atoms with Gasteiger partial charge in [-0.1, -0.05) is 44.0 Å². The molecule has 3 aromatic rings. The number of fused-ring (bicyclic) bond motifs is 1. The maximum absolute atomic E-state index is 11.4. The first-order valence-corrected chi connectivity index (χ1v) is 7.99. The van der Waals surface area contributed by atoms with Crippen LogP contribution < -0.4 is 10.4 Å². The highest BCUT2D eigenvalue weighted by Crippen LogP contribution is 2.37. The van der Waals surface area contributed by atoms with Crippen LogP contribution in [-0.2, 0) is 0 Å². The molecule has 1 atom stereocenters. The van der Waals surface area contributed by atoms with Crippen LogP contribution in [0.1, 0.15) is 16.0 Å². The average Bonchev–Trinajstić information content (AvgIpc) is 2.85. The molecule has 4 nitrogen and oxygen atoms in total. The Morgan fingerprint density at radius 3 is 2.33 bits per heavy atom. The average molecular weight is 412 g/mol. The molecule has 1 heterocycles. The number of rotatable bonds is 3. The van der Waals surface area contributed by atoms with Crippen LogP contribution in [0.4, 0.5) is 0 Å². The summed E-state index contributed by atoms with van der Waals surface area (Å²) in [6, 6.07) is 11.7. The fraction of sp³-hybridized carbons (Fsp3) is 0.133. The number of hydrogen-bond donors (Lipinski definition) is 2. The normalized spacial score (nSPS) is 12.5. The zero-order chi connectivity index (χ0) is 15.0. The van der Waals surface area contributed by atoms with Gasteiger partial charge in [0, 0.05) is 4.47 Å². The molecule has 108 valence electrons. The number of aromatic amines is 2. The Kier molecular flexibility index (Phi) is 3.91. The van der Waals surface area contributed by atoms with Gasteiger partial charge >= 0.3 is 5.69 Å². The van der Waals surface area contributed by atoms with E-state index in [1.807, 2.05) is 36.4 Å². The second-order valence-corrected chi connectivity index (χ2v) is 6.40. The zero-order valence-electron chi connectivity index (χ0n) is 11.1. The predicted molar refractivity (Wildman–Crippen MR) is 90.4 cm³/mol. The molecule has 3 rings (SSSR count). The highest BCUT2D eigenvalue weighted by Gasteiger charge is 2.15. The Morgan fingerprint density at radius 2 is 1.71 bits per heavy atom. The molecule has 0 spiro atoms. The van der Waals surface area contributed by atoms with Crippen molar-refractivity contribution in [2.75, 3.05) is 7.11 Å². The Balaban J connectivity index is 2.04. The largest absolute Gasteiger partial charge is 0.497 e. The molecule has 0 bridgehead atoms. The molecule has 0 saturated carbocycles. The van der Waals surface area contributed by atoms with Crippen LogP contribution >= 0.6 is 31.9 Å². The first-order valence-electron chi connectivity index (χ1n) is 6.28. The number of ether oxygens (including phenoxy) is 1. The smallest absolute Gasteiger partial charge is 0.323 e. The number of alkyl halides is 1. The number of benzene rings is 2. The summed E-state index contributed by atoms with van der Waals surface area (Å²) in [6.07, 6.45) is 0. The van der Waals surface area contributed by atoms with Gasteiger partial charge in [-0.25, -0.2) is 4.79 Å². The molecule has 0 aliphatic carbocycles. The van der Waals surface area contributed by atoms with Crippen LogP contribution in [0, 0.1) is 0 Å². The number of H-pyrrole nitrogens is 2. The molecular weight excluding hydrogens is 400 g/mol. The summed E-state index contributed by atoms with van der Waals surface area (Å²) in [5, 5.41) is 0. The minimum Gasteiger partial charge on any atom is -0.497 e. The molecule has 6 heteroatoms. The SMILES string of the molecule is COc1ccc(C(Br)c2cc3[nH]c(=O)[nH]c3cc2Br)cc1. The van der Waals surface area contributed by atoms with Gasteiger partial charge in [-0.05, 0) is 35.4 Å². The molecule has 0 aliphatic rings. The Morgan fingerprint density at radius 1 is 1.10 bits per heavy atom. The number of aromatic nitrogens is 2. The van der Waals surface area contributed by atoms with Crippen LogP contribution in [0.5, 0.6) is 5.75 Å². The van der Waals surface area contributed by atoms with Crippen LogP contribution in [0.3, 0.4) is 0 Å². The summed E-state index contributed by atoms with van der Waals surface area (Å²) in [6.45, 7) is 0. The van der Waals surface area contributed by atoms with Crippen molar-refractivity contribution in [3.05, 3.63) is 62.5 Å².